The van der Waals surface area contributed by atoms with Gasteiger partial charge in [-0.25, -0.2) is 4.98 Å². The normalized spacial score (nSPS) is 15.6. The van der Waals surface area contributed by atoms with E-state index in [-0.39, 0.29) is 12.0 Å². The Kier molecular flexibility index (Phi) is 7.29. The lowest BCUT2D eigenvalue weighted by atomic mass is 10.1. The quantitative estimate of drug-likeness (QED) is 0.790. The summed E-state index contributed by atoms with van der Waals surface area (Å²) in [5.74, 6) is 0.471. The Morgan fingerprint density at radius 1 is 1.35 bits per heavy atom. The number of rotatable bonds is 8. The van der Waals surface area contributed by atoms with Gasteiger partial charge >= 0.3 is 0 Å². The average Bonchev–Trinajstić information content (AvgIpc) is 2.60. The number of carbonyl (C=O) groups excluding carboxylic acids is 1. The minimum atomic E-state index is -0.0951. The number of carbonyl (C=O) groups is 1. The third-order valence-corrected chi connectivity index (χ3v) is 4.06. The molecular weight excluding hydrogens is 294 g/mol. The molecule has 23 heavy (non-hydrogen) atoms. The van der Waals surface area contributed by atoms with E-state index in [1.807, 2.05) is 0 Å². The van der Waals surface area contributed by atoms with Gasteiger partial charge in [-0.05, 0) is 19.2 Å². The number of ether oxygens (including phenoxy) is 2. The fourth-order valence-corrected chi connectivity index (χ4v) is 2.52. The summed E-state index contributed by atoms with van der Waals surface area (Å²) in [5, 5.41) is 2.92. The molecule has 0 atom stereocenters. The van der Waals surface area contributed by atoms with Gasteiger partial charge in [0.05, 0.1) is 18.8 Å². The number of pyridine rings is 1. The number of likely N-dealkylation sites (N-methyl/N-ethyl adjacent to an activating group) is 1. The zero-order valence-corrected chi connectivity index (χ0v) is 14.1. The summed E-state index contributed by atoms with van der Waals surface area (Å²) in [6, 6.07) is 3.52. The second kappa shape index (κ2) is 9.47. The van der Waals surface area contributed by atoms with Crippen LogP contribution in [-0.2, 0) is 4.74 Å². The predicted octanol–water partition coefficient (Wildman–Crippen LogP) is 1.71. The average molecular weight is 321 g/mol. The first-order chi connectivity index (χ1) is 11.2. The van der Waals surface area contributed by atoms with Crippen molar-refractivity contribution in [1.82, 2.24) is 15.2 Å². The predicted molar refractivity (Wildman–Crippen MR) is 88.8 cm³/mol. The van der Waals surface area contributed by atoms with Crippen LogP contribution in [0.5, 0.6) is 5.88 Å². The summed E-state index contributed by atoms with van der Waals surface area (Å²) in [6.45, 7) is 9.19. The van der Waals surface area contributed by atoms with Crippen LogP contribution in [0, 0.1) is 0 Å². The van der Waals surface area contributed by atoms with E-state index in [0.717, 1.165) is 45.7 Å². The van der Waals surface area contributed by atoms with Crippen molar-refractivity contribution in [3.8, 4) is 5.88 Å². The van der Waals surface area contributed by atoms with E-state index in [4.69, 9.17) is 9.47 Å². The topological polar surface area (TPSA) is 63.7 Å². The highest BCUT2D eigenvalue weighted by molar-refractivity contribution is 5.93. The van der Waals surface area contributed by atoms with Crippen molar-refractivity contribution in [2.45, 2.75) is 32.8 Å². The van der Waals surface area contributed by atoms with Crippen molar-refractivity contribution >= 4 is 5.91 Å². The first-order valence-corrected chi connectivity index (χ1v) is 8.44. The summed E-state index contributed by atoms with van der Waals surface area (Å²) < 4.78 is 11.1. The van der Waals surface area contributed by atoms with Crippen LogP contribution < -0.4 is 10.1 Å². The van der Waals surface area contributed by atoms with Gasteiger partial charge in [-0.3, -0.25) is 4.79 Å². The van der Waals surface area contributed by atoms with E-state index in [0.29, 0.717) is 18.0 Å². The largest absolute Gasteiger partial charge is 0.474 e. The Bertz CT molecular complexity index is 468. The summed E-state index contributed by atoms with van der Waals surface area (Å²) in [5.41, 5.74) is 0.559. The molecule has 1 aliphatic rings. The lowest BCUT2D eigenvalue weighted by Gasteiger charge is -2.22. The van der Waals surface area contributed by atoms with Gasteiger partial charge in [0.15, 0.2) is 0 Å². The van der Waals surface area contributed by atoms with Gasteiger partial charge in [-0.1, -0.05) is 13.8 Å². The van der Waals surface area contributed by atoms with Crippen LogP contribution in [0.15, 0.2) is 18.3 Å². The van der Waals surface area contributed by atoms with Crippen LogP contribution in [0.1, 0.15) is 37.0 Å². The fraction of sp³-hybridized carbons (Fsp3) is 0.647. The molecule has 0 aromatic carbocycles. The van der Waals surface area contributed by atoms with Crippen molar-refractivity contribution < 1.29 is 14.3 Å². The number of nitrogens with one attached hydrogen (secondary N) is 1. The van der Waals surface area contributed by atoms with Crippen LogP contribution >= 0.6 is 0 Å². The molecule has 128 valence electrons. The lowest BCUT2D eigenvalue weighted by Crippen LogP contribution is -2.34. The molecule has 1 aromatic rings. The Balaban J connectivity index is 1.77. The molecule has 1 saturated heterocycles. The molecule has 0 spiro atoms. The van der Waals surface area contributed by atoms with E-state index in [9.17, 15) is 4.79 Å². The van der Waals surface area contributed by atoms with E-state index in [2.05, 4.69) is 29.0 Å². The molecule has 1 aromatic heterocycles. The van der Waals surface area contributed by atoms with Gasteiger partial charge < -0.3 is 19.7 Å². The maximum absolute atomic E-state index is 12.1. The van der Waals surface area contributed by atoms with Gasteiger partial charge in [0, 0.05) is 38.2 Å². The van der Waals surface area contributed by atoms with Crippen molar-refractivity contribution in [3.05, 3.63) is 23.9 Å². The molecular formula is C17H27N3O3. The third kappa shape index (κ3) is 5.80. The standard InChI is InChI=1S/C17H27N3O3/c1-3-20(4-2)10-9-18-17(21)14-5-6-16(19-13-14)23-15-7-11-22-12-8-15/h5-6,13,15H,3-4,7-12H2,1-2H3,(H,18,21). The van der Waals surface area contributed by atoms with E-state index in [1.54, 1.807) is 18.3 Å². The molecule has 1 N–H and O–H groups in total. The maximum Gasteiger partial charge on any atom is 0.252 e. The molecule has 0 saturated carbocycles. The second-order valence-electron chi connectivity index (χ2n) is 5.60. The van der Waals surface area contributed by atoms with Crippen molar-refractivity contribution in [1.29, 1.82) is 0 Å². The molecule has 0 radical (unpaired) electrons. The fourth-order valence-electron chi connectivity index (χ4n) is 2.52. The summed E-state index contributed by atoms with van der Waals surface area (Å²) >= 11 is 0. The molecule has 6 nitrogen and oxygen atoms in total. The summed E-state index contributed by atoms with van der Waals surface area (Å²) in [6.07, 6.45) is 3.50. The Morgan fingerprint density at radius 2 is 2.09 bits per heavy atom. The van der Waals surface area contributed by atoms with Crippen LogP contribution in [0.4, 0.5) is 0 Å². The third-order valence-electron chi connectivity index (χ3n) is 4.06. The first kappa shape index (κ1) is 17.7. The molecule has 6 heteroatoms. The number of nitrogens with zero attached hydrogens (tertiary/aromatic N) is 2. The number of amides is 1. The van der Waals surface area contributed by atoms with E-state index in [1.165, 1.54) is 0 Å². The molecule has 1 amide bonds. The summed E-state index contributed by atoms with van der Waals surface area (Å²) in [7, 11) is 0. The lowest BCUT2D eigenvalue weighted by molar-refractivity contribution is 0.0237. The van der Waals surface area contributed by atoms with Gasteiger partial charge in [-0.15, -0.1) is 0 Å². The van der Waals surface area contributed by atoms with Gasteiger partial charge in [0.2, 0.25) is 5.88 Å². The molecule has 0 bridgehead atoms. The molecule has 1 aliphatic heterocycles. The highest BCUT2D eigenvalue weighted by Crippen LogP contribution is 2.15. The van der Waals surface area contributed by atoms with E-state index >= 15 is 0 Å². The summed E-state index contributed by atoms with van der Waals surface area (Å²) in [4.78, 5) is 18.6. The highest BCUT2D eigenvalue weighted by atomic mass is 16.5. The number of hydrogen-bond acceptors (Lipinski definition) is 5. The van der Waals surface area contributed by atoms with Gasteiger partial charge in [0.1, 0.15) is 6.10 Å². The highest BCUT2D eigenvalue weighted by Gasteiger charge is 2.16. The number of hydrogen-bond donors (Lipinski definition) is 1. The van der Waals surface area contributed by atoms with Crippen LogP contribution in [0.3, 0.4) is 0 Å². The molecule has 1 fully saturated rings. The zero-order valence-electron chi connectivity index (χ0n) is 14.1. The number of aromatic nitrogens is 1. The minimum absolute atomic E-state index is 0.0951. The molecule has 2 rings (SSSR count). The maximum atomic E-state index is 12.1. The molecule has 2 heterocycles. The smallest absolute Gasteiger partial charge is 0.252 e. The van der Waals surface area contributed by atoms with Crippen molar-refractivity contribution in [2.75, 3.05) is 39.4 Å². The minimum Gasteiger partial charge on any atom is -0.474 e. The second-order valence-corrected chi connectivity index (χ2v) is 5.60. The molecule has 0 unspecified atom stereocenters. The SMILES string of the molecule is CCN(CC)CCNC(=O)c1ccc(OC2CCOCC2)nc1. The molecule has 0 aliphatic carbocycles. The van der Waals surface area contributed by atoms with Crippen LogP contribution in [0.25, 0.3) is 0 Å². The van der Waals surface area contributed by atoms with Crippen LogP contribution in [0.2, 0.25) is 0 Å². The van der Waals surface area contributed by atoms with Crippen molar-refractivity contribution in [3.63, 3.8) is 0 Å². The zero-order chi connectivity index (χ0) is 16.5. The Hall–Kier alpha value is -1.66. The van der Waals surface area contributed by atoms with Gasteiger partial charge in [0.25, 0.3) is 5.91 Å². The monoisotopic (exact) mass is 321 g/mol. The van der Waals surface area contributed by atoms with Gasteiger partial charge in [-0.2, -0.15) is 0 Å². The van der Waals surface area contributed by atoms with E-state index < -0.39 is 0 Å². The Morgan fingerprint density at radius 3 is 2.70 bits per heavy atom. The van der Waals surface area contributed by atoms with Crippen LogP contribution in [-0.4, -0.2) is 61.3 Å². The Labute approximate surface area is 138 Å². The first-order valence-electron chi connectivity index (χ1n) is 8.44. The van der Waals surface area contributed by atoms with Crippen molar-refractivity contribution in [2.24, 2.45) is 0 Å².